The molecule has 1 aromatic heterocycles. The molecule has 0 saturated carbocycles. The zero-order valence-electron chi connectivity index (χ0n) is 16.4. The Morgan fingerprint density at radius 2 is 1.66 bits per heavy atom. The summed E-state index contributed by atoms with van der Waals surface area (Å²) in [6, 6.07) is 22.2. The van der Waals surface area contributed by atoms with Crippen molar-refractivity contribution >= 4 is 16.9 Å². The van der Waals surface area contributed by atoms with Gasteiger partial charge in [-0.25, -0.2) is 0 Å². The fraction of sp³-hybridized carbons (Fsp3) is 0.120. The van der Waals surface area contributed by atoms with Crippen LogP contribution in [0.1, 0.15) is 27.0 Å². The summed E-state index contributed by atoms with van der Waals surface area (Å²) < 4.78 is 6.02. The predicted octanol–water partition coefficient (Wildman–Crippen LogP) is 5.01. The van der Waals surface area contributed by atoms with Gasteiger partial charge in [-0.05, 0) is 48.7 Å². The quantitative estimate of drug-likeness (QED) is 0.539. The highest BCUT2D eigenvalue weighted by Crippen LogP contribution is 2.25. The molecule has 0 spiro atoms. The van der Waals surface area contributed by atoms with E-state index in [2.05, 4.69) is 5.32 Å². The first kappa shape index (κ1) is 18.7. The maximum atomic E-state index is 12.5. The molecular formula is C25H21NO3. The summed E-state index contributed by atoms with van der Waals surface area (Å²) >= 11 is 0. The third kappa shape index (κ3) is 3.97. The fourth-order valence-electron chi connectivity index (χ4n) is 3.42. The molecule has 0 radical (unpaired) electrons. The van der Waals surface area contributed by atoms with E-state index in [0.29, 0.717) is 28.8 Å². The minimum Gasteiger partial charge on any atom is -0.456 e. The smallest absolute Gasteiger partial charge is 0.251 e. The first-order valence-corrected chi connectivity index (χ1v) is 9.49. The molecule has 0 aliphatic heterocycles. The van der Waals surface area contributed by atoms with E-state index in [-0.39, 0.29) is 11.3 Å². The standard InChI is InChI=1S/C25H21NO3/c1-16-12-17(2)24-21(13-16)22(27)14-23(29-24)19-8-10-20(11-9-19)25(28)26-15-18-6-4-3-5-7-18/h3-14H,15H2,1-2H3,(H,26,28). The van der Waals surface area contributed by atoms with Crippen molar-refractivity contribution in [2.75, 3.05) is 0 Å². The van der Waals surface area contributed by atoms with Gasteiger partial charge in [0.15, 0.2) is 5.43 Å². The van der Waals surface area contributed by atoms with Gasteiger partial charge >= 0.3 is 0 Å². The maximum Gasteiger partial charge on any atom is 0.251 e. The lowest BCUT2D eigenvalue weighted by Gasteiger charge is -2.08. The molecule has 144 valence electrons. The van der Waals surface area contributed by atoms with Crippen LogP contribution in [0.4, 0.5) is 0 Å². The second kappa shape index (κ2) is 7.76. The molecule has 0 unspecified atom stereocenters. The lowest BCUT2D eigenvalue weighted by Crippen LogP contribution is -2.22. The first-order valence-electron chi connectivity index (χ1n) is 9.49. The summed E-state index contributed by atoms with van der Waals surface area (Å²) in [5.74, 6) is 0.345. The molecule has 0 bridgehead atoms. The van der Waals surface area contributed by atoms with Crippen LogP contribution in [0, 0.1) is 13.8 Å². The molecule has 4 rings (SSSR count). The number of carbonyl (C=O) groups excluding carboxylic acids is 1. The topological polar surface area (TPSA) is 59.3 Å². The van der Waals surface area contributed by atoms with Gasteiger partial charge in [-0.15, -0.1) is 0 Å². The van der Waals surface area contributed by atoms with Crippen molar-refractivity contribution in [2.24, 2.45) is 0 Å². The van der Waals surface area contributed by atoms with Crippen molar-refractivity contribution in [3.63, 3.8) is 0 Å². The fourth-order valence-corrected chi connectivity index (χ4v) is 3.42. The highest BCUT2D eigenvalue weighted by atomic mass is 16.3. The van der Waals surface area contributed by atoms with E-state index in [1.165, 1.54) is 6.07 Å². The average Bonchev–Trinajstić information content (AvgIpc) is 2.73. The van der Waals surface area contributed by atoms with Crippen molar-refractivity contribution < 1.29 is 9.21 Å². The lowest BCUT2D eigenvalue weighted by atomic mass is 10.1. The van der Waals surface area contributed by atoms with Crippen LogP contribution in [0.2, 0.25) is 0 Å². The van der Waals surface area contributed by atoms with Gasteiger partial charge in [0, 0.05) is 23.7 Å². The van der Waals surface area contributed by atoms with Crippen LogP contribution >= 0.6 is 0 Å². The summed E-state index contributed by atoms with van der Waals surface area (Å²) in [7, 11) is 0. The number of rotatable bonds is 4. The summed E-state index contributed by atoms with van der Waals surface area (Å²) in [5.41, 5.74) is 4.83. The molecule has 4 aromatic rings. The van der Waals surface area contributed by atoms with Gasteiger partial charge in [-0.3, -0.25) is 9.59 Å². The molecule has 4 nitrogen and oxygen atoms in total. The number of carbonyl (C=O) groups is 1. The second-order valence-corrected chi connectivity index (χ2v) is 7.18. The number of nitrogens with one attached hydrogen (secondary N) is 1. The molecule has 0 atom stereocenters. The molecule has 0 fully saturated rings. The van der Waals surface area contributed by atoms with Crippen molar-refractivity contribution in [1.82, 2.24) is 5.32 Å². The Kier molecular flexibility index (Phi) is 5.00. The van der Waals surface area contributed by atoms with E-state index < -0.39 is 0 Å². The Hall–Kier alpha value is -3.66. The normalized spacial score (nSPS) is 10.8. The largest absolute Gasteiger partial charge is 0.456 e. The number of aryl methyl sites for hydroxylation is 2. The third-order valence-electron chi connectivity index (χ3n) is 4.89. The highest BCUT2D eigenvalue weighted by molar-refractivity contribution is 5.94. The van der Waals surface area contributed by atoms with Crippen LogP contribution in [-0.4, -0.2) is 5.91 Å². The van der Waals surface area contributed by atoms with E-state index in [4.69, 9.17) is 4.42 Å². The van der Waals surface area contributed by atoms with E-state index in [0.717, 1.165) is 22.3 Å². The summed E-state index contributed by atoms with van der Waals surface area (Å²) in [6.07, 6.45) is 0. The molecule has 1 heterocycles. The van der Waals surface area contributed by atoms with Crippen molar-refractivity contribution in [3.05, 3.63) is 105 Å². The highest BCUT2D eigenvalue weighted by Gasteiger charge is 2.11. The Morgan fingerprint density at radius 1 is 0.931 bits per heavy atom. The maximum absolute atomic E-state index is 12.5. The third-order valence-corrected chi connectivity index (χ3v) is 4.89. The molecular weight excluding hydrogens is 362 g/mol. The van der Waals surface area contributed by atoms with Crippen molar-refractivity contribution in [3.8, 4) is 11.3 Å². The van der Waals surface area contributed by atoms with E-state index in [1.54, 1.807) is 24.3 Å². The van der Waals surface area contributed by atoms with Crippen LogP contribution in [-0.2, 0) is 6.54 Å². The van der Waals surface area contributed by atoms with Gasteiger partial charge in [-0.1, -0.05) is 48.5 Å². The molecule has 29 heavy (non-hydrogen) atoms. The molecule has 0 aliphatic carbocycles. The number of amides is 1. The first-order chi connectivity index (χ1) is 14.0. The molecule has 0 aliphatic rings. The zero-order chi connectivity index (χ0) is 20.4. The summed E-state index contributed by atoms with van der Waals surface area (Å²) in [5, 5.41) is 3.49. The molecule has 3 aromatic carbocycles. The monoisotopic (exact) mass is 383 g/mol. The van der Waals surface area contributed by atoms with E-state index in [9.17, 15) is 9.59 Å². The Morgan fingerprint density at radius 3 is 2.38 bits per heavy atom. The van der Waals surface area contributed by atoms with Gasteiger partial charge < -0.3 is 9.73 Å². The van der Waals surface area contributed by atoms with Gasteiger partial charge in [0.05, 0.1) is 5.39 Å². The van der Waals surface area contributed by atoms with Crippen molar-refractivity contribution in [1.29, 1.82) is 0 Å². The minimum atomic E-state index is -0.147. The van der Waals surface area contributed by atoms with Crippen LogP contribution < -0.4 is 10.7 Å². The van der Waals surface area contributed by atoms with Gasteiger partial charge in [0.25, 0.3) is 5.91 Å². The van der Waals surface area contributed by atoms with Crippen molar-refractivity contribution in [2.45, 2.75) is 20.4 Å². The summed E-state index contributed by atoms with van der Waals surface area (Å²) in [6.45, 7) is 4.36. The van der Waals surface area contributed by atoms with Gasteiger partial charge in [0.1, 0.15) is 11.3 Å². The lowest BCUT2D eigenvalue weighted by molar-refractivity contribution is 0.0951. The molecule has 4 heteroatoms. The van der Waals surface area contributed by atoms with Crippen LogP contribution in [0.15, 0.2) is 82.0 Å². The van der Waals surface area contributed by atoms with E-state index >= 15 is 0 Å². The van der Waals surface area contributed by atoms with Gasteiger partial charge in [-0.2, -0.15) is 0 Å². The SMILES string of the molecule is Cc1cc(C)c2oc(-c3ccc(C(=O)NCc4ccccc4)cc3)cc(=O)c2c1. The number of hydrogen-bond acceptors (Lipinski definition) is 3. The zero-order valence-corrected chi connectivity index (χ0v) is 16.4. The van der Waals surface area contributed by atoms with Crippen LogP contribution in [0.25, 0.3) is 22.3 Å². The molecule has 1 amide bonds. The second-order valence-electron chi connectivity index (χ2n) is 7.18. The predicted molar refractivity (Wildman–Crippen MR) is 115 cm³/mol. The Bertz CT molecular complexity index is 1240. The average molecular weight is 383 g/mol. The van der Waals surface area contributed by atoms with Crippen LogP contribution in [0.5, 0.6) is 0 Å². The Balaban J connectivity index is 1.58. The van der Waals surface area contributed by atoms with E-state index in [1.807, 2.05) is 56.3 Å². The number of hydrogen-bond donors (Lipinski definition) is 1. The van der Waals surface area contributed by atoms with Crippen LogP contribution in [0.3, 0.4) is 0 Å². The minimum absolute atomic E-state index is 0.0715. The molecule has 0 saturated heterocycles. The Labute approximate surface area is 168 Å². The van der Waals surface area contributed by atoms with Gasteiger partial charge in [0.2, 0.25) is 0 Å². The summed E-state index contributed by atoms with van der Waals surface area (Å²) in [4.78, 5) is 24.9. The molecule has 1 N–H and O–H groups in total. The number of fused-ring (bicyclic) bond motifs is 1. The number of benzene rings is 3.